The fourth-order valence-corrected chi connectivity index (χ4v) is 2.07. The molecule has 0 aliphatic carbocycles. The molecule has 1 rings (SSSR count). The number of hydrogen-bond donors (Lipinski definition) is 1. The molecule has 0 spiro atoms. The molecule has 0 heterocycles. The van der Waals surface area contributed by atoms with Gasteiger partial charge in [-0.25, -0.2) is 0 Å². The molecule has 0 aliphatic rings. The first-order valence-corrected chi connectivity index (χ1v) is 5.06. The Labute approximate surface area is 93.0 Å². The van der Waals surface area contributed by atoms with Crippen molar-refractivity contribution in [3.63, 3.8) is 0 Å². The molecule has 1 nitrogen and oxygen atoms in total. The summed E-state index contributed by atoms with van der Waals surface area (Å²) in [6, 6.07) is 3.42. The summed E-state index contributed by atoms with van der Waals surface area (Å²) < 4.78 is 0. The molecule has 0 aromatic heterocycles. The molecular formula is C9H10Cl3N. The van der Waals surface area contributed by atoms with Gasteiger partial charge in [-0.3, -0.25) is 0 Å². The molecule has 0 atom stereocenters. The van der Waals surface area contributed by atoms with Crippen LogP contribution in [0.5, 0.6) is 0 Å². The predicted octanol–water partition coefficient (Wildman–Crippen LogP) is 3.41. The van der Waals surface area contributed by atoms with Crippen LogP contribution in [0.4, 0.5) is 0 Å². The first-order valence-electron chi connectivity index (χ1n) is 3.93. The molecule has 0 saturated carbocycles. The first-order chi connectivity index (χ1) is 6.15. The van der Waals surface area contributed by atoms with E-state index in [0.29, 0.717) is 15.1 Å². The van der Waals surface area contributed by atoms with Gasteiger partial charge >= 0.3 is 0 Å². The minimum Gasteiger partial charge on any atom is -0.319 e. The van der Waals surface area contributed by atoms with Gasteiger partial charge in [-0.15, -0.1) is 0 Å². The highest BCUT2D eigenvalue weighted by molar-refractivity contribution is 6.39. The van der Waals surface area contributed by atoms with Gasteiger partial charge in [-0.05, 0) is 37.7 Å². The van der Waals surface area contributed by atoms with Crippen LogP contribution < -0.4 is 5.32 Å². The lowest BCUT2D eigenvalue weighted by Gasteiger charge is -2.06. The van der Waals surface area contributed by atoms with Gasteiger partial charge in [0.25, 0.3) is 0 Å². The van der Waals surface area contributed by atoms with Gasteiger partial charge in [0.2, 0.25) is 0 Å². The molecule has 1 N–H and O–H groups in total. The lowest BCUT2D eigenvalue weighted by Crippen LogP contribution is -2.10. The summed E-state index contributed by atoms with van der Waals surface area (Å²) >= 11 is 17.7. The van der Waals surface area contributed by atoms with E-state index < -0.39 is 0 Å². The zero-order valence-corrected chi connectivity index (χ0v) is 9.47. The van der Waals surface area contributed by atoms with Crippen LogP contribution >= 0.6 is 34.8 Å². The predicted molar refractivity (Wildman–Crippen MR) is 59.1 cm³/mol. The maximum atomic E-state index is 5.97. The van der Waals surface area contributed by atoms with Gasteiger partial charge in [0, 0.05) is 15.1 Å². The highest BCUT2D eigenvalue weighted by atomic mass is 35.5. The van der Waals surface area contributed by atoms with Crippen molar-refractivity contribution in [1.29, 1.82) is 0 Å². The fourth-order valence-electron chi connectivity index (χ4n) is 1.06. The Kier molecular flexibility index (Phi) is 4.33. The average molecular weight is 239 g/mol. The summed E-state index contributed by atoms with van der Waals surface area (Å²) in [6.07, 6.45) is 0.811. The van der Waals surface area contributed by atoms with E-state index in [1.54, 1.807) is 12.1 Å². The molecule has 1 aromatic carbocycles. The van der Waals surface area contributed by atoms with Gasteiger partial charge in [0.05, 0.1) is 0 Å². The maximum absolute atomic E-state index is 5.97. The minimum absolute atomic E-state index is 0.572. The van der Waals surface area contributed by atoms with Crippen molar-refractivity contribution >= 4 is 34.8 Å². The largest absolute Gasteiger partial charge is 0.319 e. The van der Waals surface area contributed by atoms with E-state index in [4.69, 9.17) is 34.8 Å². The number of halogens is 3. The van der Waals surface area contributed by atoms with Crippen molar-refractivity contribution in [2.24, 2.45) is 0 Å². The molecular weight excluding hydrogens is 228 g/mol. The zero-order valence-electron chi connectivity index (χ0n) is 7.20. The average Bonchev–Trinajstić information content (AvgIpc) is 2.02. The van der Waals surface area contributed by atoms with Crippen LogP contribution in [0, 0.1) is 0 Å². The Bertz CT molecular complexity index is 276. The topological polar surface area (TPSA) is 12.0 Å². The van der Waals surface area contributed by atoms with Crippen LogP contribution in [0.25, 0.3) is 0 Å². The number of rotatable bonds is 3. The Morgan fingerprint density at radius 1 is 1.15 bits per heavy atom. The van der Waals surface area contributed by atoms with Crippen LogP contribution in [0.1, 0.15) is 5.56 Å². The molecule has 0 fully saturated rings. The van der Waals surface area contributed by atoms with Crippen molar-refractivity contribution in [1.82, 2.24) is 5.32 Å². The third kappa shape index (κ3) is 3.03. The highest BCUT2D eigenvalue weighted by Gasteiger charge is 2.06. The van der Waals surface area contributed by atoms with Crippen molar-refractivity contribution in [2.75, 3.05) is 13.6 Å². The van der Waals surface area contributed by atoms with E-state index in [2.05, 4.69) is 5.32 Å². The monoisotopic (exact) mass is 237 g/mol. The van der Waals surface area contributed by atoms with Crippen LogP contribution in [-0.4, -0.2) is 13.6 Å². The Balaban J connectivity index is 2.92. The lowest BCUT2D eigenvalue weighted by atomic mass is 10.1. The molecule has 0 bridgehead atoms. The molecule has 13 heavy (non-hydrogen) atoms. The normalized spacial score (nSPS) is 10.5. The summed E-state index contributed by atoms with van der Waals surface area (Å²) in [5, 5.41) is 4.87. The van der Waals surface area contributed by atoms with Crippen molar-refractivity contribution < 1.29 is 0 Å². The van der Waals surface area contributed by atoms with E-state index >= 15 is 0 Å². The quantitative estimate of drug-likeness (QED) is 0.851. The maximum Gasteiger partial charge on any atom is 0.0468 e. The van der Waals surface area contributed by atoms with Crippen LogP contribution in [0.2, 0.25) is 15.1 Å². The van der Waals surface area contributed by atoms with E-state index in [1.165, 1.54) is 0 Å². The van der Waals surface area contributed by atoms with Crippen LogP contribution in [0.15, 0.2) is 12.1 Å². The van der Waals surface area contributed by atoms with E-state index in [1.807, 2.05) is 7.05 Å². The molecule has 0 radical (unpaired) electrons. The van der Waals surface area contributed by atoms with Gasteiger partial charge < -0.3 is 5.32 Å². The SMILES string of the molecule is CNCCc1c(Cl)cc(Cl)cc1Cl. The third-order valence-corrected chi connectivity index (χ3v) is 2.62. The summed E-state index contributed by atoms with van der Waals surface area (Å²) in [4.78, 5) is 0. The first kappa shape index (κ1) is 11.1. The van der Waals surface area contributed by atoms with Crippen LogP contribution in [0.3, 0.4) is 0 Å². The van der Waals surface area contributed by atoms with Gasteiger partial charge in [-0.1, -0.05) is 34.8 Å². The highest BCUT2D eigenvalue weighted by Crippen LogP contribution is 2.28. The molecule has 0 aliphatic heterocycles. The fraction of sp³-hybridized carbons (Fsp3) is 0.333. The van der Waals surface area contributed by atoms with Gasteiger partial charge in [0.1, 0.15) is 0 Å². The van der Waals surface area contributed by atoms with E-state index in [-0.39, 0.29) is 0 Å². The molecule has 0 unspecified atom stereocenters. The summed E-state index contributed by atoms with van der Waals surface area (Å²) in [5.74, 6) is 0. The summed E-state index contributed by atoms with van der Waals surface area (Å²) in [6.45, 7) is 0.848. The second-order valence-electron chi connectivity index (χ2n) is 2.70. The third-order valence-electron chi connectivity index (χ3n) is 1.73. The smallest absolute Gasteiger partial charge is 0.0468 e. The molecule has 0 amide bonds. The van der Waals surface area contributed by atoms with E-state index in [0.717, 1.165) is 18.5 Å². The van der Waals surface area contributed by atoms with Gasteiger partial charge in [0.15, 0.2) is 0 Å². The molecule has 4 heteroatoms. The Morgan fingerprint density at radius 3 is 2.15 bits per heavy atom. The van der Waals surface area contributed by atoms with Crippen LogP contribution in [-0.2, 0) is 6.42 Å². The lowest BCUT2D eigenvalue weighted by molar-refractivity contribution is 0.792. The number of nitrogens with one attached hydrogen (secondary N) is 1. The summed E-state index contributed by atoms with van der Waals surface area (Å²) in [5.41, 5.74) is 0.946. The molecule has 0 saturated heterocycles. The minimum atomic E-state index is 0.572. The van der Waals surface area contributed by atoms with Gasteiger partial charge in [-0.2, -0.15) is 0 Å². The number of likely N-dealkylation sites (N-methyl/N-ethyl adjacent to an activating group) is 1. The standard InChI is InChI=1S/C9H10Cl3N/c1-13-3-2-7-8(11)4-6(10)5-9(7)12/h4-5,13H,2-3H2,1H3. The van der Waals surface area contributed by atoms with E-state index in [9.17, 15) is 0 Å². The second-order valence-corrected chi connectivity index (χ2v) is 3.95. The molecule has 72 valence electrons. The summed E-state index contributed by atoms with van der Waals surface area (Å²) in [7, 11) is 1.89. The Morgan fingerprint density at radius 2 is 1.69 bits per heavy atom. The van der Waals surface area contributed by atoms with Crippen molar-refractivity contribution in [3.05, 3.63) is 32.8 Å². The number of benzene rings is 1. The number of hydrogen-bond acceptors (Lipinski definition) is 1. The van der Waals surface area contributed by atoms with Crippen molar-refractivity contribution in [3.8, 4) is 0 Å². The Hall–Kier alpha value is 0.0500. The zero-order chi connectivity index (χ0) is 9.84. The second kappa shape index (κ2) is 5.06. The van der Waals surface area contributed by atoms with Crippen molar-refractivity contribution in [2.45, 2.75) is 6.42 Å². The molecule has 1 aromatic rings.